The van der Waals surface area contributed by atoms with Gasteiger partial charge >= 0.3 is 0 Å². The number of carbonyl (C=O) groups is 1. The lowest BCUT2D eigenvalue weighted by Crippen LogP contribution is -2.31. The lowest BCUT2D eigenvalue weighted by atomic mass is 10.1. The molecule has 0 atom stereocenters. The van der Waals surface area contributed by atoms with Crippen LogP contribution in [0, 0.1) is 5.41 Å². The Balaban J connectivity index is 1.58. The maximum atomic E-state index is 12.3. The summed E-state index contributed by atoms with van der Waals surface area (Å²) in [5.74, 6) is 0.695. The molecule has 1 aromatic carbocycles. The molecule has 2 N–H and O–H groups in total. The Kier molecular flexibility index (Phi) is 4.73. The van der Waals surface area contributed by atoms with Crippen molar-refractivity contribution < 1.29 is 9.90 Å². The van der Waals surface area contributed by atoms with Gasteiger partial charge in [0.1, 0.15) is 0 Å². The third-order valence-electron chi connectivity index (χ3n) is 4.25. The van der Waals surface area contributed by atoms with Crippen LogP contribution >= 0.6 is 11.8 Å². The first-order valence-corrected chi connectivity index (χ1v) is 8.69. The van der Waals surface area contributed by atoms with Crippen molar-refractivity contribution in [3.63, 3.8) is 0 Å². The number of aliphatic hydroxyl groups is 1. The fourth-order valence-electron chi connectivity index (χ4n) is 2.38. The van der Waals surface area contributed by atoms with E-state index >= 15 is 0 Å². The van der Waals surface area contributed by atoms with E-state index in [0.717, 1.165) is 29.3 Å². The van der Waals surface area contributed by atoms with Crippen LogP contribution in [0.15, 0.2) is 41.8 Å². The molecule has 0 unspecified atom stereocenters. The number of thioether (sulfide) groups is 1. The highest BCUT2D eigenvalue weighted by Gasteiger charge is 2.42. The number of hydrogen-bond donors (Lipinski definition) is 2. The van der Waals surface area contributed by atoms with Gasteiger partial charge < -0.3 is 15.0 Å². The molecular weight excluding hydrogens is 310 g/mol. The van der Waals surface area contributed by atoms with Gasteiger partial charge in [-0.1, -0.05) is 23.9 Å². The molecule has 1 heterocycles. The molecule has 23 heavy (non-hydrogen) atoms. The Morgan fingerprint density at radius 1 is 1.48 bits per heavy atom. The van der Waals surface area contributed by atoms with Gasteiger partial charge in [-0.3, -0.25) is 4.79 Å². The van der Waals surface area contributed by atoms with E-state index in [-0.39, 0.29) is 17.9 Å². The van der Waals surface area contributed by atoms with E-state index < -0.39 is 0 Å². The van der Waals surface area contributed by atoms with Gasteiger partial charge in [0.2, 0.25) is 0 Å². The van der Waals surface area contributed by atoms with Crippen molar-refractivity contribution in [1.82, 2.24) is 14.9 Å². The summed E-state index contributed by atoms with van der Waals surface area (Å²) in [6, 6.07) is 7.66. The van der Waals surface area contributed by atoms with Gasteiger partial charge in [-0.15, -0.1) is 0 Å². The van der Waals surface area contributed by atoms with Crippen molar-refractivity contribution >= 4 is 17.7 Å². The van der Waals surface area contributed by atoms with Crippen LogP contribution in [0.1, 0.15) is 28.8 Å². The molecule has 1 amide bonds. The third-order valence-corrected chi connectivity index (χ3v) is 5.38. The molecule has 1 fully saturated rings. The van der Waals surface area contributed by atoms with Gasteiger partial charge in [0, 0.05) is 42.7 Å². The number of aromatic nitrogens is 2. The predicted octanol–water partition coefficient (Wildman–Crippen LogP) is 2.21. The second-order valence-electron chi connectivity index (χ2n) is 6.15. The van der Waals surface area contributed by atoms with Gasteiger partial charge in [-0.2, -0.15) is 0 Å². The normalized spacial score (nSPS) is 15.4. The second kappa shape index (κ2) is 6.76. The van der Waals surface area contributed by atoms with Crippen LogP contribution in [0.25, 0.3) is 0 Å². The molecular formula is C17H21N3O2S. The zero-order chi connectivity index (χ0) is 16.3. The van der Waals surface area contributed by atoms with Gasteiger partial charge in [0.05, 0.1) is 6.61 Å². The van der Waals surface area contributed by atoms with Crippen LogP contribution in [-0.2, 0) is 12.8 Å². The molecule has 0 saturated heterocycles. The van der Waals surface area contributed by atoms with Crippen molar-refractivity contribution in [3.8, 4) is 0 Å². The molecule has 6 heteroatoms. The number of hydrogen-bond acceptors (Lipinski definition) is 4. The average Bonchev–Trinajstić information content (AvgIpc) is 3.25. The van der Waals surface area contributed by atoms with Crippen molar-refractivity contribution in [2.45, 2.75) is 23.8 Å². The van der Waals surface area contributed by atoms with Gasteiger partial charge in [0.25, 0.3) is 5.91 Å². The van der Waals surface area contributed by atoms with E-state index in [1.807, 2.05) is 42.1 Å². The Hall–Kier alpha value is -1.79. The van der Waals surface area contributed by atoms with Crippen molar-refractivity contribution in [2.75, 3.05) is 13.2 Å². The van der Waals surface area contributed by atoms with Crippen molar-refractivity contribution in [2.24, 2.45) is 12.5 Å². The fourth-order valence-corrected chi connectivity index (χ4v) is 3.25. The number of nitrogens with one attached hydrogen (secondary N) is 1. The molecule has 0 radical (unpaired) electrons. The Bertz CT molecular complexity index is 695. The first-order chi connectivity index (χ1) is 11.1. The third kappa shape index (κ3) is 3.95. The molecule has 0 spiro atoms. The van der Waals surface area contributed by atoms with E-state index in [1.54, 1.807) is 18.0 Å². The van der Waals surface area contributed by atoms with Crippen molar-refractivity contribution in [3.05, 3.63) is 47.8 Å². The lowest BCUT2D eigenvalue weighted by Gasteiger charge is -2.13. The minimum absolute atomic E-state index is 0.0681. The summed E-state index contributed by atoms with van der Waals surface area (Å²) in [6.45, 7) is 0.697. The second-order valence-corrected chi connectivity index (χ2v) is 7.09. The first-order valence-electron chi connectivity index (χ1n) is 7.70. The number of aryl methyl sites for hydroxylation is 1. The molecule has 1 saturated carbocycles. The smallest absolute Gasteiger partial charge is 0.251 e. The molecule has 5 nitrogen and oxygen atoms in total. The highest BCUT2D eigenvalue weighted by Crippen LogP contribution is 2.44. The number of benzene rings is 1. The standard InChI is InChI=1S/C17H21N3O2S/c1-20-8-7-18-16(20)23-10-13-3-2-4-14(9-13)15(22)19-11-17(12-21)5-6-17/h2-4,7-9,21H,5-6,10-12H2,1H3,(H,19,22). The molecule has 1 aliphatic rings. The Morgan fingerprint density at radius 3 is 2.96 bits per heavy atom. The fraction of sp³-hybridized carbons (Fsp3) is 0.412. The number of nitrogens with zero attached hydrogens (tertiary/aromatic N) is 2. The summed E-state index contributed by atoms with van der Waals surface area (Å²) in [4.78, 5) is 16.5. The Morgan fingerprint density at radius 2 is 2.30 bits per heavy atom. The minimum Gasteiger partial charge on any atom is -0.396 e. The molecule has 122 valence electrons. The largest absolute Gasteiger partial charge is 0.396 e. The van der Waals surface area contributed by atoms with E-state index in [4.69, 9.17) is 0 Å². The SMILES string of the molecule is Cn1ccnc1SCc1cccc(C(=O)NCC2(CO)CC2)c1. The summed E-state index contributed by atoms with van der Waals surface area (Å²) in [6.07, 6.45) is 5.68. The highest BCUT2D eigenvalue weighted by molar-refractivity contribution is 7.98. The highest BCUT2D eigenvalue weighted by atomic mass is 32.2. The summed E-state index contributed by atoms with van der Waals surface area (Å²) in [5, 5.41) is 13.2. The Labute approximate surface area is 140 Å². The number of amides is 1. The van der Waals surface area contributed by atoms with Crippen LogP contribution in [-0.4, -0.2) is 33.7 Å². The molecule has 2 aromatic rings. The van der Waals surface area contributed by atoms with Gasteiger partial charge in [-0.25, -0.2) is 4.98 Å². The number of carbonyl (C=O) groups excluding carboxylic acids is 1. The lowest BCUT2D eigenvalue weighted by molar-refractivity contribution is 0.0935. The van der Waals surface area contributed by atoms with Crippen LogP contribution in [0.4, 0.5) is 0 Å². The van der Waals surface area contributed by atoms with Gasteiger partial charge in [0.15, 0.2) is 5.16 Å². The van der Waals surface area contributed by atoms with E-state index in [1.165, 1.54) is 0 Å². The van der Waals surface area contributed by atoms with Crippen LogP contribution < -0.4 is 5.32 Å². The van der Waals surface area contributed by atoms with Crippen LogP contribution in [0.2, 0.25) is 0 Å². The zero-order valence-corrected chi connectivity index (χ0v) is 14.0. The molecule has 1 aliphatic carbocycles. The van der Waals surface area contributed by atoms with Gasteiger partial charge in [-0.05, 0) is 30.5 Å². The maximum Gasteiger partial charge on any atom is 0.251 e. The summed E-state index contributed by atoms with van der Waals surface area (Å²) in [5.41, 5.74) is 1.69. The van der Waals surface area contributed by atoms with E-state index in [0.29, 0.717) is 12.1 Å². The first kappa shape index (κ1) is 16.1. The molecule has 0 aliphatic heterocycles. The number of aliphatic hydroxyl groups excluding tert-OH is 1. The predicted molar refractivity (Wildman–Crippen MR) is 90.3 cm³/mol. The molecule has 0 bridgehead atoms. The van der Waals surface area contributed by atoms with E-state index in [9.17, 15) is 9.90 Å². The number of imidazole rings is 1. The maximum absolute atomic E-state index is 12.3. The molecule has 3 rings (SSSR count). The number of rotatable bonds is 7. The monoisotopic (exact) mass is 331 g/mol. The van der Waals surface area contributed by atoms with E-state index in [2.05, 4.69) is 10.3 Å². The summed E-state index contributed by atoms with van der Waals surface area (Å²) in [7, 11) is 1.97. The topological polar surface area (TPSA) is 67.2 Å². The summed E-state index contributed by atoms with van der Waals surface area (Å²) < 4.78 is 1.98. The minimum atomic E-state index is -0.0754. The quantitative estimate of drug-likeness (QED) is 0.764. The van der Waals surface area contributed by atoms with Crippen LogP contribution in [0.3, 0.4) is 0 Å². The molecule has 1 aromatic heterocycles. The zero-order valence-electron chi connectivity index (χ0n) is 13.2. The average molecular weight is 331 g/mol. The van der Waals surface area contributed by atoms with Crippen molar-refractivity contribution in [1.29, 1.82) is 0 Å². The summed E-state index contributed by atoms with van der Waals surface area (Å²) >= 11 is 1.65. The van der Waals surface area contributed by atoms with Crippen LogP contribution in [0.5, 0.6) is 0 Å².